The number of likely N-dealkylation sites (tertiary alicyclic amines) is 1. The Bertz CT molecular complexity index is 286. The van der Waals surface area contributed by atoms with Crippen molar-refractivity contribution >= 4 is 0 Å². The molecule has 2 heteroatoms. The molecule has 0 aromatic heterocycles. The molecule has 0 spiro atoms. The molecular weight excluding hydrogens is 186 g/mol. The van der Waals surface area contributed by atoms with Crippen molar-refractivity contribution in [1.29, 1.82) is 0 Å². The van der Waals surface area contributed by atoms with E-state index in [9.17, 15) is 5.11 Å². The van der Waals surface area contributed by atoms with Crippen LogP contribution in [0.1, 0.15) is 24.8 Å². The molecule has 82 valence electrons. The van der Waals surface area contributed by atoms with Gasteiger partial charge in [0.2, 0.25) is 0 Å². The lowest BCUT2D eigenvalue weighted by Gasteiger charge is -2.34. The highest BCUT2D eigenvalue weighted by molar-refractivity contribution is 5.14. The highest BCUT2D eigenvalue weighted by Gasteiger charge is 2.21. The lowest BCUT2D eigenvalue weighted by atomic mass is 10.0. The van der Waals surface area contributed by atoms with Crippen molar-refractivity contribution in [2.75, 3.05) is 13.2 Å². The van der Waals surface area contributed by atoms with Crippen molar-refractivity contribution in [3.63, 3.8) is 0 Å². The molecule has 0 aliphatic carbocycles. The van der Waals surface area contributed by atoms with E-state index in [0.29, 0.717) is 12.6 Å². The van der Waals surface area contributed by atoms with Crippen LogP contribution in [0.15, 0.2) is 30.3 Å². The number of aliphatic hydroxyl groups excluding tert-OH is 1. The molecule has 1 heterocycles. The fraction of sp³-hybridized carbons (Fsp3) is 0.538. The van der Waals surface area contributed by atoms with E-state index in [1.54, 1.807) is 0 Å². The second-order valence-corrected chi connectivity index (χ2v) is 4.29. The van der Waals surface area contributed by atoms with Crippen molar-refractivity contribution in [3.05, 3.63) is 35.9 Å². The third-order valence-corrected chi connectivity index (χ3v) is 3.19. The molecule has 15 heavy (non-hydrogen) atoms. The van der Waals surface area contributed by atoms with Gasteiger partial charge in [0, 0.05) is 12.6 Å². The average molecular weight is 205 g/mol. The minimum Gasteiger partial charge on any atom is -0.395 e. The molecule has 0 radical (unpaired) electrons. The lowest BCUT2D eigenvalue weighted by molar-refractivity contribution is 0.0841. The number of piperidine rings is 1. The summed E-state index contributed by atoms with van der Waals surface area (Å²) in [5.74, 6) is 0. The number of nitrogens with zero attached hydrogens (tertiary/aromatic N) is 1. The number of benzene rings is 1. The van der Waals surface area contributed by atoms with Crippen molar-refractivity contribution in [3.8, 4) is 0 Å². The van der Waals surface area contributed by atoms with Gasteiger partial charge in [0.05, 0.1) is 6.61 Å². The van der Waals surface area contributed by atoms with Gasteiger partial charge in [-0.2, -0.15) is 0 Å². The van der Waals surface area contributed by atoms with Crippen LogP contribution < -0.4 is 0 Å². The zero-order valence-corrected chi connectivity index (χ0v) is 9.10. The molecule has 1 aromatic rings. The molecule has 1 aliphatic heterocycles. The molecule has 1 fully saturated rings. The molecule has 0 unspecified atom stereocenters. The standard InChI is InChI=1S/C13H19NO/c15-11-13-8-4-5-9-14(13)10-12-6-2-1-3-7-12/h1-3,6-7,13,15H,4-5,8-11H2/t13-/m0/s1. The van der Waals surface area contributed by atoms with Crippen LogP contribution in [0.2, 0.25) is 0 Å². The largest absolute Gasteiger partial charge is 0.395 e. The smallest absolute Gasteiger partial charge is 0.0586 e. The highest BCUT2D eigenvalue weighted by Crippen LogP contribution is 2.18. The van der Waals surface area contributed by atoms with Gasteiger partial charge in [-0.1, -0.05) is 36.8 Å². The average Bonchev–Trinajstić information content (AvgIpc) is 2.31. The first-order valence-electron chi connectivity index (χ1n) is 5.79. The molecule has 0 saturated carbocycles. The maximum atomic E-state index is 9.30. The van der Waals surface area contributed by atoms with Crippen molar-refractivity contribution in [1.82, 2.24) is 4.90 Å². The van der Waals surface area contributed by atoms with Gasteiger partial charge in [0.25, 0.3) is 0 Å². The Labute approximate surface area is 91.5 Å². The second kappa shape index (κ2) is 5.29. The monoisotopic (exact) mass is 205 g/mol. The summed E-state index contributed by atoms with van der Waals surface area (Å²) in [4.78, 5) is 2.40. The predicted molar refractivity (Wildman–Crippen MR) is 61.6 cm³/mol. The summed E-state index contributed by atoms with van der Waals surface area (Å²) < 4.78 is 0. The predicted octanol–water partition coefficient (Wildman–Crippen LogP) is 2.03. The third-order valence-electron chi connectivity index (χ3n) is 3.19. The van der Waals surface area contributed by atoms with Crippen LogP contribution in [0, 0.1) is 0 Å². The number of hydrogen-bond donors (Lipinski definition) is 1. The Kier molecular flexibility index (Phi) is 3.75. The van der Waals surface area contributed by atoms with Crippen LogP contribution in [-0.4, -0.2) is 29.2 Å². The Morgan fingerprint density at radius 1 is 1.20 bits per heavy atom. The maximum Gasteiger partial charge on any atom is 0.0586 e. The lowest BCUT2D eigenvalue weighted by Crippen LogP contribution is -2.41. The summed E-state index contributed by atoms with van der Waals surface area (Å²) in [6.07, 6.45) is 3.67. The van der Waals surface area contributed by atoms with Crippen molar-refractivity contribution in [2.24, 2.45) is 0 Å². The van der Waals surface area contributed by atoms with E-state index in [2.05, 4.69) is 29.2 Å². The Balaban J connectivity index is 1.97. The fourth-order valence-electron chi connectivity index (χ4n) is 2.29. The van der Waals surface area contributed by atoms with Crippen LogP contribution in [0.25, 0.3) is 0 Å². The summed E-state index contributed by atoms with van der Waals surface area (Å²) in [7, 11) is 0. The molecule has 0 amide bonds. The number of hydrogen-bond acceptors (Lipinski definition) is 2. The zero-order valence-electron chi connectivity index (χ0n) is 9.10. The van der Waals surface area contributed by atoms with E-state index in [0.717, 1.165) is 19.5 Å². The van der Waals surface area contributed by atoms with Gasteiger partial charge in [-0.25, -0.2) is 0 Å². The summed E-state index contributed by atoms with van der Waals surface area (Å²) >= 11 is 0. The first-order chi connectivity index (χ1) is 7.40. The first-order valence-corrected chi connectivity index (χ1v) is 5.79. The van der Waals surface area contributed by atoms with Gasteiger partial charge in [-0.3, -0.25) is 4.90 Å². The van der Waals surface area contributed by atoms with Gasteiger partial charge in [-0.05, 0) is 24.9 Å². The molecule has 0 bridgehead atoms. The first kappa shape index (κ1) is 10.7. The SMILES string of the molecule is OC[C@@H]1CCCCN1Cc1ccccc1. The number of aliphatic hydroxyl groups is 1. The van der Waals surface area contributed by atoms with Crippen LogP contribution in [0.5, 0.6) is 0 Å². The normalized spacial score (nSPS) is 22.9. The molecule has 1 N–H and O–H groups in total. The highest BCUT2D eigenvalue weighted by atomic mass is 16.3. The second-order valence-electron chi connectivity index (χ2n) is 4.29. The summed E-state index contributed by atoms with van der Waals surface area (Å²) in [5, 5.41) is 9.30. The van der Waals surface area contributed by atoms with Crippen LogP contribution in [0.3, 0.4) is 0 Å². The van der Waals surface area contributed by atoms with Gasteiger partial charge in [-0.15, -0.1) is 0 Å². The summed E-state index contributed by atoms with van der Waals surface area (Å²) in [6.45, 7) is 2.40. The molecular formula is C13H19NO. The minimum absolute atomic E-state index is 0.298. The van der Waals surface area contributed by atoms with E-state index in [1.165, 1.54) is 18.4 Å². The van der Waals surface area contributed by atoms with Gasteiger partial charge >= 0.3 is 0 Å². The Hall–Kier alpha value is -0.860. The van der Waals surface area contributed by atoms with Gasteiger partial charge in [0.1, 0.15) is 0 Å². The third kappa shape index (κ3) is 2.80. The fourth-order valence-corrected chi connectivity index (χ4v) is 2.29. The summed E-state index contributed by atoms with van der Waals surface area (Å²) in [6, 6.07) is 10.9. The molecule has 2 rings (SSSR count). The zero-order chi connectivity index (χ0) is 10.5. The molecule has 1 aromatic carbocycles. The number of rotatable bonds is 3. The van der Waals surface area contributed by atoms with E-state index in [1.807, 2.05) is 6.07 Å². The Morgan fingerprint density at radius 3 is 2.73 bits per heavy atom. The minimum atomic E-state index is 0.298. The molecule has 1 atom stereocenters. The van der Waals surface area contributed by atoms with Crippen LogP contribution in [-0.2, 0) is 6.54 Å². The van der Waals surface area contributed by atoms with Crippen LogP contribution >= 0.6 is 0 Å². The van der Waals surface area contributed by atoms with Crippen LogP contribution in [0.4, 0.5) is 0 Å². The summed E-state index contributed by atoms with van der Waals surface area (Å²) in [5.41, 5.74) is 1.35. The van der Waals surface area contributed by atoms with E-state index in [-0.39, 0.29) is 0 Å². The van der Waals surface area contributed by atoms with E-state index in [4.69, 9.17) is 0 Å². The maximum absolute atomic E-state index is 9.30. The molecule has 1 aliphatic rings. The van der Waals surface area contributed by atoms with Gasteiger partial charge in [0.15, 0.2) is 0 Å². The quantitative estimate of drug-likeness (QED) is 0.816. The van der Waals surface area contributed by atoms with E-state index >= 15 is 0 Å². The van der Waals surface area contributed by atoms with Crippen molar-refractivity contribution in [2.45, 2.75) is 31.8 Å². The molecule has 1 saturated heterocycles. The van der Waals surface area contributed by atoms with Crippen molar-refractivity contribution < 1.29 is 5.11 Å². The Morgan fingerprint density at radius 2 is 2.00 bits per heavy atom. The van der Waals surface area contributed by atoms with E-state index < -0.39 is 0 Å². The van der Waals surface area contributed by atoms with Gasteiger partial charge < -0.3 is 5.11 Å². The molecule has 2 nitrogen and oxygen atoms in total. The topological polar surface area (TPSA) is 23.5 Å².